The molecule has 0 bridgehead atoms. The Hall–Kier alpha value is -1.77. The molecular weight excluding hydrogens is 295 g/mol. The minimum absolute atomic E-state index is 0.00201. The van der Waals surface area contributed by atoms with Gasteiger partial charge in [-0.1, -0.05) is 11.8 Å². The third kappa shape index (κ3) is 3.41. The number of hydrogen-bond acceptors (Lipinski definition) is 4. The number of carbonyl (C=O) groups is 1. The molecule has 2 aromatic heterocycles. The van der Waals surface area contributed by atoms with Gasteiger partial charge in [-0.15, -0.1) is 0 Å². The number of aromatic nitrogens is 3. The smallest absolute Gasteiger partial charge is 0.406 e. The maximum atomic E-state index is 12.6. The number of hydrogen-bond donors (Lipinski definition) is 1. The average molecular weight is 305 g/mol. The summed E-state index contributed by atoms with van der Waals surface area (Å²) in [6, 6.07) is 1.61. The van der Waals surface area contributed by atoms with Crippen molar-refractivity contribution in [2.24, 2.45) is 0 Å². The number of fused-ring (bicyclic) bond motifs is 1. The van der Waals surface area contributed by atoms with Gasteiger partial charge in [-0.2, -0.15) is 13.2 Å². The van der Waals surface area contributed by atoms with Crippen molar-refractivity contribution < 1.29 is 23.1 Å². The van der Waals surface area contributed by atoms with Crippen molar-refractivity contribution in [1.29, 1.82) is 0 Å². The number of pyridine rings is 1. The summed E-state index contributed by atoms with van der Waals surface area (Å²) in [6.07, 6.45) is -2.98. The number of alkyl halides is 3. The number of carboxylic acid groups (broad SMARTS) is 1. The SMILES string of the molecule is Cc1cnc2c(c1)nc(SCC(=O)O)n2CC(F)(F)F. The largest absolute Gasteiger partial charge is 0.481 e. The number of aliphatic carboxylic acids is 1. The predicted octanol–water partition coefficient (Wildman–Crippen LogP) is 2.48. The molecular formula is C11H10F3N3O2S. The Balaban J connectivity index is 2.47. The lowest BCUT2D eigenvalue weighted by molar-refractivity contribution is -0.141. The van der Waals surface area contributed by atoms with Gasteiger partial charge in [-0.3, -0.25) is 9.36 Å². The zero-order valence-electron chi connectivity index (χ0n) is 10.3. The lowest BCUT2D eigenvalue weighted by Crippen LogP contribution is -2.18. The Morgan fingerprint density at radius 2 is 2.20 bits per heavy atom. The van der Waals surface area contributed by atoms with Crippen LogP contribution in [0.25, 0.3) is 11.2 Å². The van der Waals surface area contributed by atoms with Crippen molar-refractivity contribution in [1.82, 2.24) is 14.5 Å². The van der Waals surface area contributed by atoms with Crippen LogP contribution in [0.1, 0.15) is 5.56 Å². The zero-order valence-corrected chi connectivity index (χ0v) is 11.1. The van der Waals surface area contributed by atoms with Crippen molar-refractivity contribution in [3.63, 3.8) is 0 Å². The Bertz CT molecular complexity index is 654. The van der Waals surface area contributed by atoms with E-state index in [-0.39, 0.29) is 16.6 Å². The van der Waals surface area contributed by atoms with E-state index < -0.39 is 18.7 Å². The maximum Gasteiger partial charge on any atom is 0.406 e. The predicted molar refractivity (Wildman–Crippen MR) is 66.7 cm³/mol. The van der Waals surface area contributed by atoms with Gasteiger partial charge in [-0.25, -0.2) is 9.97 Å². The van der Waals surface area contributed by atoms with Crippen molar-refractivity contribution in [3.05, 3.63) is 17.8 Å². The van der Waals surface area contributed by atoms with E-state index in [1.165, 1.54) is 6.20 Å². The summed E-state index contributed by atoms with van der Waals surface area (Å²) in [5.41, 5.74) is 1.19. The van der Waals surface area contributed by atoms with E-state index in [1.54, 1.807) is 13.0 Å². The van der Waals surface area contributed by atoms with Crippen LogP contribution in [-0.4, -0.2) is 37.5 Å². The first kappa shape index (κ1) is 14.6. The molecule has 5 nitrogen and oxygen atoms in total. The molecule has 0 aliphatic heterocycles. The third-order valence-corrected chi connectivity index (χ3v) is 3.31. The summed E-state index contributed by atoms with van der Waals surface area (Å²) in [5.74, 6) is -1.48. The minimum Gasteiger partial charge on any atom is -0.481 e. The van der Waals surface area contributed by atoms with Crippen LogP contribution in [0, 0.1) is 6.92 Å². The fourth-order valence-corrected chi connectivity index (χ4v) is 2.37. The van der Waals surface area contributed by atoms with E-state index >= 15 is 0 Å². The molecule has 0 amide bonds. The van der Waals surface area contributed by atoms with Crippen LogP contribution in [0.2, 0.25) is 0 Å². The third-order valence-electron chi connectivity index (χ3n) is 2.35. The molecule has 0 radical (unpaired) electrons. The lowest BCUT2D eigenvalue weighted by atomic mass is 10.3. The summed E-state index contributed by atoms with van der Waals surface area (Å²) in [5, 5.41) is 8.62. The van der Waals surface area contributed by atoms with Crippen molar-refractivity contribution in [3.8, 4) is 0 Å². The van der Waals surface area contributed by atoms with Gasteiger partial charge in [0.1, 0.15) is 12.1 Å². The van der Waals surface area contributed by atoms with Crippen LogP contribution in [0.15, 0.2) is 17.4 Å². The monoisotopic (exact) mass is 305 g/mol. The first-order valence-corrected chi connectivity index (χ1v) is 6.49. The normalized spacial score (nSPS) is 12.0. The molecule has 2 aromatic rings. The molecule has 0 atom stereocenters. The van der Waals surface area contributed by atoms with Gasteiger partial charge < -0.3 is 5.11 Å². The first-order valence-electron chi connectivity index (χ1n) is 5.50. The maximum absolute atomic E-state index is 12.6. The lowest BCUT2D eigenvalue weighted by Gasteiger charge is -2.10. The fourth-order valence-electron chi connectivity index (χ4n) is 1.65. The van der Waals surface area contributed by atoms with E-state index in [9.17, 15) is 18.0 Å². The number of halogens is 3. The molecule has 0 saturated carbocycles. The summed E-state index contributed by atoms with van der Waals surface area (Å²) >= 11 is 0.740. The fraction of sp³-hybridized carbons (Fsp3) is 0.364. The van der Waals surface area contributed by atoms with Crippen LogP contribution in [0.3, 0.4) is 0 Å². The van der Waals surface area contributed by atoms with Gasteiger partial charge >= 0.3 is 12.1 Å². The number of aryl methyl sites for hydroxylation is 1. The van der Waals surface area contributed by atoms with Gasteiger partial charge in [0, 0.05) is 6.20 Å². The van der Waals surface area contributed by atoms with Gasteiger partial charge in [0.2, 0.25) is 0 Å². The highest BCUT2D eigenvalue weighted by molar-refractivity contribution is 7.99. The Morgan fingerprint density at radius 1 is 1.50 bits per heavy atom. The number of nitrogens with zero attached hydrogens (tertiary/aromatic N) is 3. The summed E-state index contributed by atoms with van der Waals surface area (Å²) in [6.45, 7) is 0.501. The van der Waals surface area contributed by atoms with Gasteiger partial charge in [-0.05, 0) is 18.6 Å². The summed E-state index contributed by atoms with van der Waals surface area (Å²) in [7, 11) is 0. The number of rotatable bonds is 4. The van der Waals surface area contributed by atoms with Gasteiger partial charge in [0.25, 0.3) is 0 Å². The second-order valence-corrected chi connectivity index (χ2v) is 5.08. The molecule has 2 rings (SSSR count). The highest BCUT2D eigenvalue weighted by Gasteiger charge is 2.31. The van der Waals surface area contributed by atoms with Crippen LogP contribution < -0.4 is 0 Å². The topological polar surface area (TPSA) is 68.0 Å². The van der Waals surface area contributed by atoms with E-state index in [0.29, 0.717) is 5.52 Å². The molecule has 108 valence electrons. The molecule has 0 aromatic carbocycles. The van der Waals surface area contributed by atoms with E-state index in [1.807, 2.05) is 0 Å². The molecule has 0 fully saturated rings. The number of carboxylic acids is 1. The van der Waals surface area contributed by atoms with Crippen molar-refractivity contribution >= 4 is 28.9 Å². The number of imidazole rings is 1. The quantitative estimate of drug-likeness (QED) is 0.879. The van der Waals surface area contributed by atoms with Crippen LogP contribution in [0.4, 0.5) is 13.2 Å². The molecule has 0 aliphatic carbocycles. The molecule has 0 spiro atoms. The second kappa shape index (κ2) is 5.31. The van der Waals surface area contributed by atoms with Crippen LogP contribution in [0.5, 0.6) is 0 Å². The Kier molecular flexibility index (Phi) is 3.89. The van der Waals surface area contributed by atoms with E-state index in [4.69, 9.17) is 5.11 Å². The molecule has 0 aliphatic rings. The summed E-state index contributed by atoms with van der Waals surface area (Å²) < 4.78 is 38.7. The highest BCUT2D eigenvalue weighted by atomic mass is 32.2. The Morgan fingerprint density at radius 3 is 2.80 bits per heavy atom. The zero-order chi connectivity index (χ0) is 14.9. The average Bonchev–Trinajstić information content (AvgIpc) is 2.62. The first-order chi connectivity index (χ1) is 9.26. The van der Waals surface area contributed by atoms with Gasteiger partial charge in [0.05, 0.1) is 5.75 Å². The van der Waals surface area contributed by atoms with E-state index in [0.717, 1.165) is 21.9 Å². The Labute approximate surface area is 115 Å². The van der Waals surface area contributed by atoms with Crippen molar-refractivity contribution in [2.75, 3.05) is 5.75 Å². The van der Waals surface area contributed by atoms with E-state index in [2.05, 4.69) is 9.97 Å². The molecule has 2 heterocycles. The van der Waals surface area contributed by atoms with Crippen LogP contribution in [-0.2, 0) is 11.3 Å². The number of thioether (sulfide) groups is 1. The highest BCUT2D eigenvalue weighted by Crippen LogP contribution is 2.27. The molecule has 9 heteroatoms. The second-order valence-electron chi connectivity index (χ2n) is 4.13. The molecule has 1 N–H and O–H groups in total. The molecule has 20 heavy (non-hydrogen) atoms. The van der Waals surface area contributed by atoms with Crippen LogP contribution >= 0.6 is 11.8 Å². The van der Waals surface area contributed by atoms with Gasteiger partial charge in [0.15, 0.2) is 10.8 Å². The summed E-state index contributed by atoms with van der Waals surface area (Å²) in [4.78, 5) is 18.5. The molecule has 0 unspecified atom stereocenters. The standard InChI is InChI=1S/C11H10F3N3O2S/c1-6-2-7-9(15-3-6)17(5-11(12,13)14)10(16-7)20-4-8(18)19/h2-3H,4-5H2,1H3,(H,18,19). The minimum atomic E-state index is -4.43. The molecule has 0 saturated heterocycles. The van der Waals surface area contributed by atoms with Crippen molar-refractivity contribution in [2.45, 2.75) is 24.8 Å².